The maximum absolute atomic E-state index is 3.58. The maximum Gasteiger partial charge on any atom is 0.0161 e. The van der Waals surface area contributed by atoms with Gasteiger partial charge in [0.2, 0.25) is 0 Å². The van der Waals surface area contributed by atoms with E-state index in [2.05, 4.69) is 59.6 Å². The van der Waals surface area contributed by atoms with Crippen LogP contribution >= 0.6 is 11.8 Å². The minimum absolute atomic E-state index is 0.721. The predicted molar refractivity (Wildman–Crippen MR) is 73.8 cm³/mol. The second-order valence-corrected chi connectivity index (χ2v) is 5.29. The highest BCUT2D eigenvalue weighted by Crippen LogP contribution is 2.16. The van der Waals surface area contributed by atoms with Crippen molar-refractivity contribution in [2.24, 2.45) is 0 Å². The number of benzene rings is 1. The summed E-state index contributed by atoms with van der Waals surface area (Å²) in [4.78, 5) is 0. The van der Waals surface area contributed by atoms with Gasteiger partial charge in [-0.05, 0) is 24.2 Å². The van der Waals surface area contributed by atoms with Crippen molar-refractivity contribution in [1.82, 2.24) is 5.32 Å². The van der Waals surface area contributed by atoms with Crippen molar-refractivity contribution in [1.29, 1.82) is 0 Å². The third kappa shape index (κ3) is 4.03. The molecule has 0 spiro atoms. The zero-order valence-electron chi connectivity index (χ0n) is 9.56. The van der Waals surface area contributed by atoms with Gasteiger partial charge in [-0.1, -0.05) is 42.5 Å². The summed E-state index contributed by atoms with van der Waals surface area (Å²) >= 11 is 2.07. The van der Waals surface area contributed by atoms with Crippen molar-refractivity contribution in [2.45, 2.75) is 18.9 Å². The highest BCUT2D eigenvalue weighted by Gasteiger charge is 2.11. The lowest BCUT2D eigenvalue weighted by atomic mass is 10.2. The topological polar surface area (TPSA) is 12.0 Å². The molecule has 16 heavy (non-hydrogen) atoms. The first-order valence-electron chi connectivity index (χ1n) is 5.98. The molecule has 1 unspecified atom stereocenters. The Morgan fingerprint density at radius 3 is 2.94 bits per heavy atom. The van der Waals surface area contributed by atoms with E-state index < -0.39 is 0 Å². The van der Waals surface area contributed by atoms with E-state index in [1.165, 1.54) is 29.9 Å². The van der Waals surface area contributed by atoms with Crippen LogP contribution in [0.1, 0.15) is 18.4 Å². The molecule has 1 saturated heterocycles. The van der Waals surface area contributed by atoms with Gasteiger partial charge in [-0.15, -0.1) is 0 Å². The highest BCUT2D eigenvalue weighted by atomic mass is 32.2. The summed E-state index contributed by atoms with van der Waals surface area (Å²) in [6.07, 6.45) is 7.11. The van der Waals surface area contributed by atoms with E-state index >= 15 is 0 Å². The van der Waals surface area contributed by atoms with Gasteiger partial charge in [-0.25, -0.2) is 0 Å². The summed E-state index contributed by atoms with van der Waals surface area (Å²) in [5.74, 6) is 2.62. The first-order valence-corrected chi connectivity index (χ1v) is 7.13. The molecular weight excluding hydrogens is 214 g/mol. The molecule has 1 nitrogen and oxygen atoms in total. The van der Waals surface area contributed by atoms with Crippen molar-refractivity contribution in [3.8, 4) is 0 Å². The number of nitrogens with one attached hydrogen (secondary N) is 1. The van der Waals surface area contributed by atoms with Crippen LogP contribution in [0.2, 0.25) is 0 Å². The fraction of sp³-hybridized carbons (Fsp3) is 0.429. The second-order valence-electron chi connectivity index (χ2n) is 4.14. The monoisotopic (exact) mass is 233 g/mol. The third-order valence-electron chi connectivity index (χ3n) is 2.79. The van der Waals surface area contributed by atoms with Crippen molar-refractivity contribution in [3.63, 3.8) is 0 Å². The Labute approximate surface area is 102 Å². The van der Waals surface area contributed by atoms with Crippen LogP contribution in [0, 0.1) is 0 Å². The van der Waals surface area contributed by atoms with Gasteiger partial charge >= 0.3 is 0 Å². The lowest BCUT2D eigenvalue weighted by molar-refractivity contribution is 0.535. The molecule has 2 heteroatoms. The molecule has 1 aliphatic rings. The Kier molecular flexibility index (Phi) is 4.97. The van der Waals surface area contributed by atoms with E-state index in [1.807, 2.05) is 0 Å². The number of rotatable bonds is 4. The van der Waals surface area contributed by atoms with Crippen molar-refractivity contribution < 1.29 is 0 Å². The second kappa shape index (κ2) is 6.77. The minimum Gasteiger partial charge on any atom is -0.310 e. The molecule has 86 valence electrons. The van der Waals surface area contributed by atoms with Crippen LogP contribution in [0.25, 0.3) is 6.08 Å². The fourth-order valence-electron chi connectivity index (χ4n) is 1.90. The molecule has 0 aliphatic carbocycles. The van der Waals surface area contributed by atoms with Crippen LogP contribution in [0.5, 0.6) is 0 Å². The quantitative estimate of drug-likeness (QED) is 0.857. The van der Waals surface area contributed by atoms with Gasteiger partial charge in [0.1, 0.15) is 0 Å². The van der Waals surface area contributed by atoms with E-state index in [1.54, 1.807) is 0 Å². The fourth-order valence-corrected chi connectivity index (χ4v) is 3.00. The van der Waals surface area contributed by atoms with E-state index in [0.29, 0.717) is 0 Å². The van der Waals surface area contributed by atoms with E-state index in [4.69, 9.17) is 0 Å². The van der Waals surface area contributed by atoms with Crippen LogP contribution in [0.15, 0.2) is 36.4 Å². The van der Waals surface area contributed by atoms with Gasteiger partial charge < -0.3 is 5.32 Å². The van der Waals surface area contributed by atoms with Crippen LogP contribution in [-0.2, 0) is 0 Å². The molecular formula is C14H19NS. The standard InChI is InChI=1S/C14H19NS/c1-2-6-13(7-3-1)8-4-10-15-14-9-5-11-16-12-14/h1-4,6-8,14-15H,5,9-12H2/b8-4+. The summed E-state index contributed by atoms with van der Waals surface area (Å²) in [5.41, 5.74) is 1.28. The van der Waals surface area contributed by atoms with E-state index in [0.717, 1.165) is 12.6 Å². The molecule has 1 atom stereocenters. The smallest absolute Gasteiger partial charge is 0.0161 e. The average molecular weight is 233 g/mol. The molecule has 0 saturated carbocycles. The van der Waals surface area contributed by atoms with Crippen molar-refractivity contribution >= 4 is 17.8 Å². The van der Waals surface area contributed by atoms with Gasteiger partial charge in [0.25, 0.3) is 0 Å². The molecule has 1 heterocycles. The van der Waals surface area contributed by atoms with Crippen LogP contribution in [-0.4, -0.2) is 24.1 Å². The number of hydrogen-bond donors (Lipinski definition) is 1. The molecule has 1 aromatic carbocycles. The molecule has 0 amide bonds. The van der Waals surface area contributed by atoms with Gasteiger partial charge in [0.05, 0.1) is 0 Å². The lowest BCUT2D eigenvalue weighted by Crippen LogP contribution is -2.33. The Bertz CT molecular complexity index is 315. The van der Waals surface area contributed by atoms with Gasteiger partial charge in [0, 0.05) is 18.3 Å². The minimum atomic E-state index is 0.721. The SMILES string of the molecule is C(=C\c1ccccc1)/CNC1CCCSC1. The summed E-state index contributed by atoms with van der Waals surface area (Å²) in [5, 5.41) is 3.58. The highest BCUT2D eigenvalue weighted by molar-refractivity contribution is 7.99. The summed E-state index contributed by atoms with van der Waals surface area (Å²) in [6, 6.07) is 11.2. The first-order chi connectivity index (χ1) is 7.95. The van der Waals surface area contributed by atoms with Gasteiger partial charge in [-0.2, -0.15) is 11.8 Å². The van der Waals surface area contributed by atoms with Gasteiger partial charge in [-0.3, -0.25) is 0 Å². The molecule has 1 fully saturated rings. The predicted octanol–water partition coefficient (Wildman–Crippen LogP) is 3.19. The number of thioether (sulfide) groups is 1. The maximum atomic E-state index is 3.58. The van der Waals surface area contributed by atoms with E-state index in [-0.39, 0.29) is 0 Å². The molecule has 0 aromatic heterocycles. The lowest BCUT2D eigenvalue weighted by Gasteiger charge is -2.21. The van der Waals surface area contributed by atoms with Gasteiger partial charge in [0.15, 0.2) is 0 Å². The zero-order chi connectivity index (χ0) is 11.1. The number of hydrogen-bond acceptors (Lipinski definition) is 2. The van der Waals surface area contributed by atoms with E-state index in [9.17, 15) is 0 Å². The van der Waals surface area contributed by atoms with Crippen molar-refractivity contribution in [2.75, 3.05) is 18.1 Å². The van der Waals surface area contributed by atoms with Crippen LogP contribution in [0.4, 0.5) is 0 Å². The third-order valence-corrected chi connectivity index (χ3v) is 4.01. The van der Waals surface area contributed by atoms with Crippen LogP contribution in [0.3, 0.4) is 0 Å². The molecule has 1 aromatic rings. The molecule has 0 radical (unpaired) electrons. The molecule has 1 N–H and O–H groups in total. The average Bonchev–Trinajstić information content (AvgIpc) is 2.37. The zero-order valence-corrected chi connectivity index (χ0v) is 10.4. The summed E-state index contributed by atoms with van der Waals surface area (Å²) < 4.78 is 0. The summed E-state index contributed by atoms with van der Waals surface area (Å²) in [6.45, 7) is 0.986. The molecule has 2 rings (SSSR count). The first kappa shape index (κ1) is 11.7. The molecule has 1 aliphatic heterocycles. The Morgan fingerprint density at radius 2 is 2.19 bits per heavy atom. The Hall–Kier alpha value is -0.730. The Morgan fingerprint density at radius 1 is 1.31 bits per heavy atom. The molecule has 0 bridgehead atoms. The van der Waals surface area contributed by atoms with Crippen molar-refractivity contribution in [3.05, 3.63) is 42.0 Å². The summed E-state index contributed by atoms with van der Waals surface area (Å²) in [7, 11) is 0. The normalized spacial score (nSPS) is 21.4. The Balaban J connectivity index is 1.69. The largest absolute Gasteiger partial charge is 0.310 e. The van der Waals surface area contributed by atoms with Crippen LogP contribution < -0.4 is 5.32 Å².